The monoisotopic (exact) mass is 471 g/mol. The second-order valence-corrected chi connectivity index (χ2v) is 12.2. The molecule has 4 heteroatoms. The number of Topliss-reactive ketones (excluding diaryl/α,β-unsaturated/α-hetero) is 1. The maximum atomic E-state index is 12.7. The maximum Gasteiger partial charge on any atom is 0.222 e. The van der Waals surface area contributed by atoms with Crippen molar-refractivity contribution in [2.75, 3.05) is 7.11 Å². The van der Waals surface area contributed by atoms with Gasteiger partial charge in [0.05, 0.1) is 12.8 Å². The molecule has 3 fully saturated rings. The van der Waals surface area contributed by atoms with Crippen molar-refractivity contribution in [3.63, 3.8) is 0 Å². The molecule has 0 amide bonds. The summed E-state index contributed by atoms with van der Waals surface area (Å²) in [5.41, 5.74) is 4.17. The topological polar surface area (TPSA) is 47.9 Å². The Bertz CT molecular complexity index is 1200. The lowest BCUT2D eigenvalue weighted by molar-refractivity contribution is -0.131. The average molecular weight is 472 g/mol. The molecule has 0 N–H and O–H groups in total. The smallest absolute Gasteiger partial charge is 0.222 e. The molecule has 0 radical (unpaired) electrons. The number of fused-ring (bicyclic) bond motifs is 5. The van der Waals surface area contributed by atoms with E-state index >= 15 is 0 Å². The molecular formula is C31H37NO3. The first-order chi connectivity index (χ1) is 16.7. The summed E-state index contributed by atoms with van der Waals surface area (Å²) in [6, 6.07) is 7.89. The first-order valence-electron chi connectivity index (χ1n) is 13.3. The number of methoxy groups -OCH3 is 1. The molecule has 3 saturated carbocycles. The van der Waals surface area contributed by atoms with Crippen LogP contribution < -0.4 is 4.74 Å². The van der Waals surface area contributed by atoms with Gasteiger partial charge >= 0.3 is 0 Å². The number of hydrogen-bond donors (Lipinski definition) is 0. The van der Waals surface area contributed by atoms with E-state index in [9.17, 15) is 4.79 Å². The standard InChI is InChI=1S/C31H37NO3/c1-29(2)27(32-28(35-29)19-6-9-22(34-5)10-7-19)20-14-16-30(3)21(18-20)8-11-23-24-12-13-26(33)31(24,4)17-15-25(23)30/h6-7,9-10,14,16,18,23-25H,8,11-13,15,17H2,1-5H3/b27-20+/t23-,24-,25-,30-,31-/m0/s1. The van der Waals surface area contributed by atoms with Gasteiger partial charge in [0, 0.05) is 22.8 Å². The molecule has 4 aliphatic carbocycles. The molecule has 0 spiro atoms. The minimum Gasteiger partial charge on any atom is -0.497 e. The van der Waals surface area contributed by atoms with Crippen LogP contribution in [0.15, 0.2) is 64.3 Å². The summed E-state index contributed by atoms with van der Waals surface area (Å²) in [7, 11) is 1.67. The van der Waals surface area contributed by atoms with E-state index in [0.29, 0.717) is 29.4 Å². The van der Waals surface area contributed by atoms with E-state index in [1.165, 1.54) is 17.6 Å². The Hall–Kier alpha value is -2.62. The first-order valence-corrected chi connectivity index (χ1v) is 13.3. The highest BCUT2D eigenvalue weighted by Gasteiger charge is 2.58. The Morgan fingerprint density at radius 1 is 1.00 bits per heavy atom. The van der Waals surface area contributed by atoms with Crippen LogP contribution in [0.3, 0.4) is 0 Å². The van der Waals surface area contributed by atoms with Gasteiger partial charge in [0.1, 0.15) is 17.1 Å². The predicted molar refractivity (Wildman–Crippen MR) is 138 cm³/mol. The summed E-state index contributed by atoms with van der Waals surface area (Å²) in [5, 5.41) is 0. The zero-order valence-electron chi connectivity index (χ0n) is 21.7. The Balaban J connectivity index is 1.33. The highest BCUT2D eigenvalue weighted by molar-refractivity contribution is 5.97. The average Bonchev–Trinajstić information content (AvgIpc) is 3.33. The van der Waals surface area contributed by atoms with Crippen LogP contribution in [0.2, 0.25) is 0 Å². The van der Waals surface area contributed by atoms with Gasteiger partial charge in [-0.05, 0) is 93.5 Å². The third-order valence-electron chi connectivity index (χ3n) is 10.0. The van der Waals surface area contributed by atoms with Gasteiger partial charge in [0.2, 0.25) is 5.90 Å². The summed E-state index contributed by atoms with van der Waals surface area (Å²) in [6.45, 7) is 8.91. The lowest BCUT2D eigenvalue weighted by Crippen LogP contribution is -2.49. The molecule has 6 rings (SSSR count). The van der Waals surface area contributed by atoms with E-state index in [-0.39, 0.29) is 10.8 Å². The first kappa shape index (κ1) is 22.8. The molecule has 35 heavy (non-hydrogen) atoms. The van der Waals surface area contributed by atoms with Crippen LogP contribution in [-0.2, 0) is 9.53 Å². The van der Waals surface area contributed by atoms with Crippen molar-refractivity contribution in [1.82, 2.24) is 0 Å². The summed E-state index contributed by atoms with van der Waals surface area (Å²) in [5.74, 6) is 3.87. The molecule has 1 heterocycles. The van der Waals surface area contributed by atoms with Crippen molar-refractivity contribution in [3.05, 3.63) is 64.9 Å². The molecule has 4 nitrogen and oxygen atoms in total. The van der Waals surface area contributed by atoms with Crippen LogP contribution in [0.5, 0.6) is 5.75 Å². The number of ketones is 1. The van der Waals surface area contributed by atoms with Crippen LogP contribution in [0.25, 0.3) is 0 Å². The number of allylic oxidation sites excluding steroid dienone is 5. The molecule has 1 aliphatic heterocycles. The molecule has 0 unspecified atom stereocenters. The summed E-state index contributed by atoms with van der Waals surface area (Å²) in [6.07, 6.45) is 13.6. The van der Waals surface area contributed by atoms with Crippen LogP contribution in [0.1, 0.15) is 71.8 Å². The van der Waals surface area contributed by atoms with Gasteiger partial charge in [0.15, 0.2) is 0 Å². The van der Waals surface area contributed by atoms with E-state index in [1.807, 2.05) is 24.3 Å². The fraction of sp³-hybridized carbons (Fsp3) is 0.548. The number of carbonyl (C=O) groups excluding carboxylic acids is 1. The number of aliphatic imine (C=N–C) groups is 1. The fourth-order valence-electron chi connectivity index (χ4n) is 7.96. The molecular weight excluding hydrogens is 434 g/mol. The molecule has 1 aromatic rings. The zero-order valence-corrected chi connectivity index (χ0v) is 21.7. The molecule has 0 aromatic heterocycles. The van der Waals surface area contributed by atoms with Crippen molar-refractivity contribution < 1.29 is 14.3 Å². The van der Waals surface area contributed by atoms with E-state index in [4.69, 9.17) is 14.5 Å². The highest BCUT2D eigenvalue weighted by Crippen LogP contribution is 2.64. The second-order valence-electron chi connectivity index (χ2n) is 12.2. The normalized spacial score (nSPS) is 39.2. The van der Waals surface area contributed by atoms with Crippen molar-refractivity contribution in [2.24, 2.45) is 33.6 Å². The lowest BCUT2D eigenvalue weighted by Gasteiger charge is -2.55. The van der Waals surface area contributed by atoms with Crippen molar-refractivity contribution in [1.29, 1.82) is 0 Å². The van der Waals surface area contributed by atoms with Gasteiger partial charge in [-0.15, -0.1) is 0 Å². The van der Waals surface area contributed by atoms with Crippen LogP contribution in [0, 0.1) is 28.6 Å². The Labute approximate surface area is 209 Å². The van der Waals surface area contributed by atoms with E-state index in [0.717, 1.165) is 49.1 Å². The van der Waals surface area contributed by atoms with Crippen LogP contribution >= 0.6 is 0 Å². The fourth-order valence-corrected chi connectivity index (χ4v) is 7.96. The number of hydrogen-bond acceptors (Lipinski definition) is 4. The van der Waals surface area contributed by atoms with E-state index < -0.39 is 5.60 Å². The van der Waals surface area contributed by atoms with Crippen LogP contribution in [-0.4, -0.2) is 24.4 Å². The van der Waals surface area contributed by atoms with Crippen LogP contribution in [0.4, 0.5) is 0 Å². The van der Waals surface area contributed by atoms with Gasteiger partial charge in [-0.3, -0.25) is 4.79 Å². The van der Waals surface area contributed by atoms with Crippen molar-refractivity contribution in [2.45, 2.75) is 71.8 Å². The molecule has 0 bridgehead atoms. The van der Waals surface area contributed by atoms with Gasteiger partial charge in [0.25, 0.3) is 0 Å². The van der Waals surface area contributed by atoms with Gasteiger partial charge in [-0.25, -0.2) is 4.99 Å². The SMILES string of the molecule is COc1ccc(C2=N/C(=C3\C=C[C@@]4(C)C(=C3)CC[C@@H]3[C@@H]4CC[C@]4(C)C(=O)CC[C@@H]34)C(C)(C)O2)cc1. The quantitative estimate of drug-likeness (QED) is 0.476. The minimum atomic E-state index is -0.492. The van der Waals surface area contributed by atoms with E-state index in [1.54, 1.807) is 7.11 Å². The largest absolute Gasteiger partial charge is 0.497 e. The highest BCUT2D eigenvalue weighted by atomic mass is 16.5. The molecule has 184 valence electrons. The Morgan fingerprint density at radius 2 is 1.77 bits per heavy atom. The van der Waals surface area contributed by atoms with Gasteiger partial charge in [-0.1, -0.05) is 37.6 Å². The van der Waals surface area contributed by atoms with Crippen molar-refractivity contribution in [3.8, 4) is 5.75 Å². The number of benzene rings is 1. The number of rotatable bonds is 2. The molecule has 1 aromatic carbocycles. The summed E-state index contributed by atoms with van der Waals surface area (Å²) in [4.78, 5) is 17.7. The van der Waals surface area contributed by atoms with Gasteiger partial charge < -0.3 is 9.47 Å². The molecule has 5 aliphatic rings. The van der Waals surface area contributed by atoms with Gasteiger partial charge in [-0.2, -0.15) is 0 Å². The zero-order chi connectivity index (χ0) is 24.6. The lowest BCUT2D eigenvalue weighted by atomic mass is 9.48. The Morgan fingerprint density at radius 3 is 2.51 bits per heavy atom. The molecule has 0 saturated heterocycles. The third-order valence-corrected chi connectivity index (χ3v) is 10.0. The minimum absolute atomic E-state index is 0.0674. The predicted octanol–water partition coefficient (Wildman–Crippen LogP) is 6.81. The summed E-state index contributed by atoms with van der Waals surface area (Å²) >= 11 is 0. The maximum absolute atomic E-state index is 12.7. The number of nitrogens with zero attached hydrogens (tertiary/aromatic N) is 1. The Kier molecular flexibility index (Phi) is 5.01. The number of carbonyl (C=O) groups is 1. The molecule has 5 atom stereocenters. The third kappa shape index (κ3) is 3.32. The van der Waals surface area contributed by atoms with Crippen molar-refractivity contribution >= 4 is 11.7 Å². The summed E-state index contributed by atoms with van der Waals surface area (Å²) < 4.78 is 11.6. The van der Waals surface area contributed by atoms with E-state index in [2.05, 4.69) is 45.9 Å². The number of ether oxygens (including phenoxy) is 2. The second kappa shape index (κ2) is 7.69.